The van der Waals surface area contributed by atoms with Gasteiger partial charge in [0.05, 0.1) is 19.7 Å². The van der Waals surface area contributed by atoms with Gasteiger partial charge in [0, 0.05) is 0 Å². The maximum absolute atomic E-state index is 12.5. The summed E-state index contributed by atoms with van der Waals surface area (Å²) in [6.07, 6.45) is 0. The zero-order valence-electron chi connectivity index (χ0n) is 11.7. The van der Waals surface area contributed by atoms with Crippen LogP contribution in [0.4, 0.5) is 13.2 Å². The van der Waals surface area contributed by atoms with Gasteiger partial charge in [-0.25, -0.2) is 0 Å². The van der Waals surface area contributed by atoms with Crippen LogP contribution in [0.15, 0.2) is 16.6 Å². The van der Waals surface area contributed by atoms with Gasteiger partial charge >= 0.3 is 15.6 Å². The molecule has 0 atom stereocenters. The van der Waals surface area contributed by atoms with Gasteiger partial charge in [0.15, 0.2) is 5.75 Å². The van der Waals surface area contributed by atoms with Gasteiger partial charge in [-0.1, -0.05) is 19.6 Å². The van der Waals surface area contributed by atoms with Gasteiger partial charge in [-0.3, -0.25) is 0 Å². The first-order chi connectivity index (χ1) is 9.29. The Morgan fingerprint density at radius 2 is 1.71 bits per heavy atom. The number of alkyl halides is 3. The van der Waals surface area contributed by atoms with Crippen molar-refractivity contribution in [1.82, 2.24) is 0 Å². The summed E-state index contributed by atoms with van der Waals surface area (Å²) in [7, 11) is -6.50. The van der Waals surface area contributed by atoms with E-state index in [2.05, 4.69) is 20.1 Å². The Bertz CT molecular complexity index is 638. The third-order valence-electron chi connectivity index (χ3n) is 2.54. The fourth-order valence-electron chi connectivity index (χ4n) is 1.49. The van der Waals surface area contributed by atoms with Crippen molar-refractivity contribution >= 4 is 39.3 Å². The zero-order valence-corrected chi connectivity index (χ0v) is 15.1. The molecular formula is C11H14BrF3O4SSi. The average molecular weight is 407 g/mol. The summed E-state index contributed by atoms with van der Waals surface area (Å²) in [5.74, 6) is 0.0587. The summed E-state index contributed by atoms with van der Waals surface area (Å²) >= 11 is 3.04. The van der Waals surface area contributed by atoms with E-state index in [-0.39, 0.29) is 10.2 Å². The minimum absolute atomic E-state index is 0.0899. The molecule has 0 radical (unpaired) electrons. The molecular weight excluding hydrogens is 393 g/mol. The van der Waals surface area contributed by atoms with Crippen molar-refractivity contribution in [2.24, 2.45) is 0 Å². The lowest BCUT2D eigenvalue weighted by atomic mass is 10.3. The van der Waals surface area contributed by atoms with Crippen LogP contribution in [-0.4, -0.2) is 29.1 Å². The van der Waals surface area contributed by atoms with E-state index in [0.717, 1.165) is 0 Å². The lowest BCUT2D eigenvalue weighted by Crippen LogP contribution is -2.40. The van der Waals surface area contributed by atoms with Crippen molar-refractivity contribution in [3.05, 3.63) is 16.6 Å². The lowest BCUT2D eigenvalue weighted by Gasteiger charge is -2.23. The number of rotatable bonds is 4. The molecule has 0 bridgehead atoms. The predicted molar refractivity (Wildman–Crippen MR) is 79.3 cm³/mol. The highest BCUT2D eigenvalue weighted by Crippen LogP contribution is 2.34. The summed E-state index contributed by atoms with van der Waals surface area (Å²) in [6.45, 7) is 5.55. The number of benzene rings is 1. The highest BCUT2D eigenvalue weighted by atomic mass is 79.9. The smallest absolute Gasteiger partial charge is 0.497 e. The van der Waals surface area contributed by atoms with Gasteiger partial charge in [-0.2, -0.15) is 21.6 Å². The number of halogens is 4. The Labute approximate surface area is 130 Å². The van der Waals surface area contributed by atoms with Crippen LogP contribution in [0.25, 0.3) is 0 Å². The van der Waals surface area contributed by atoms with Crippen LogP contribution in [0.5, 0.6) is 11.5 Å². The van der Waals surface area contributed by atoms with Gasteiger partial charge in [-0.05, 0) is 33.2 Å². The molecule has 0 heterocycles. The highest BCUT2D eigenvalue weighted by molar-refractivity contribution is 9.10. The summed E-state index contributed by atoms with van der Waals surface area (Å²) in [5, 5.41) is 0.404. The van der Waals surface area contributed by atoms with Crippen molar-refractivity contribution in [2.45, 2.75) is 25.1 Å². The molecule has 0 N–H and O–H groups in total. The van der Waals surface area contributed by atoms with Crippen LogP contribution in [0, 0.1) is 0 Å². The Balaban J connectivity index is 3.50. The second kappa shape index (κ2) is 5.80. The van der Waals surface area contributed by atoms with E-state index in [9.17, 15) is 21.6 Å². The van der Waals surface area contributed by atoms with Crippen molar-refractivity contribution in [2.75, 3.05) is 7.11 Å². The fourth-order valence-corrected chi connectivity index (χ4v) is 4.31. The summed E-state index contributed by atoms with van der Waals surface area (Å²) in [5.41, 5.74) is -5.48. The van der Waals surface area contributed by atoms with Crippen molar-refractivity contribution in [3.63, 3.8) is 0 Å². The summed E-state index contributed by atoms with van der Waals surface area (Å²) in [4.78, 5) is 0. The molecule has 21 heavy (non-hydrogen) atoms. The van der Waals surface area contributed by atoms with Crippen molar-refractivity contribution in [3.8, 4) is 11.5 Å². The second-order valence-corrected chi connectivity index (χ2v) is 12.6. The Morgan fingerprint density at radius 3 is 2.10 bits per heavy atom. The number of methoxy groups -OCH3 is 1. The molecule has 0 fully saturated rings. The standard InChI is InChI=1S/C11H14BrF3O4SSi/c1-18-7-5-8(12)10(9(6-7)21(2,3)4)19-20(16,17)11(13,14)15/h5-6H,1-4H3. The van der Waals surface area contributed by atoms with Crippen molar-refractivity contribution < 1.29 is 30.5 Å². The molecule has 0 aliphatic carbocycles. The minimum atomic E-state index is -5.72. The zero-order chi connectivity index (χ0) is 16.6. The van der Waals surface area contributed by atoms with E-state index < -0.39 is 23.7 Å². The molecule has 0 aliphatic rings. The maximum atomic E-state index is 12.5. The molecule has 0 aromatic heterocycles. The second-order valence-electron chi connectivity index (χ2n) is 5.22. The van der Waals surface area contributed by atoms with Gasteiger partial charge in [0.25, 0.3) is 0 Å². The van der Waals surface area contributed by atoms with E-state index in [1.165, 1.54) is 19.2 Å². The van der Waals surface area contributed by atoms with Crippen LogP contribution >= 0.6 is 15.9 Å². The van der Waals surface area contributed by atoms with Crippen LogP contribution in [0.2, 0.25) is 19.6 Å². The first-order valence-corrected chi connectivity index (χ1v) is 11.4. The minimum Gasteiger partial charge on any atom is -0.497 e. The third-order valence-corrected chi connectivity index (χ3v) is 6.07. The molecule has 120 valence electrons. The molecule has 4 nitrogen and oxygen atoms in total. The third kappa shape index (κ3) is 4.13. The fraction of sp³-hybridized carbons (Fsp3) is 0.455. The monoisotopic (exact) mass is 406 g/mol. The Hall–Kier alpha value is -0.743. The first kappa shape index (κ1) is 18.3. The van der Waals surface area contributed by atoms with Crippen LogP contribution < -0.4 is 14.1 Å². The molecule has 0 amide bonds. The molecule has 0 unspecified atom stereocenters. The van der Waals surface area contributed by atoms with Crippen molar-refractivity contribution in [1.29, 1.82) is 0 Å². The van der Waals surface area contributed by atoms with E-state index in [0.29, 0.717) is 10.9 Å². The molecule has 0 aliphatic heterocycles. The van der Waals surface area contributed by atoms with E-state index in [1.807, 2.05) is 19.6 Å². The van der Waals surface area contributed by atoms with Gasteiger partial charge < -0.3 is 8.92 Å². The molecule has 10 heteroatoms. The summed E-state index contributed by atoms with van der Waals surface area (Å²) in [6, 6.07) is 2.85. The van der Waals surface area contributed by atoms with Gasteiger partial charge in [0.1, 0.15) is 5.75 Å². The highest BCUT2D eigenvalue weighted by Gasteiger charge is 2.49. The normalized spacial score (nSPS) is 13.1. The van der Waals surface area contributed by atoms with E-state index in [1.54, 1.807) is 0 Å². The average Bonchev–Trinajstić information content (AvgIpc) is 2.28. The Kier molecular flexibility index (Phi) is 5.06. The molecule has 1 rings (SSSR count). The number of hydrogen-bond acceptors (Lipinski definition) is 4. The van der Waals surface area contributed by atoms with E-state index in [4.69, 9.17) is 4.74 Å². The summed E-state index contributed by atoms with van der Waals surface area (Å²) < 4.78 is 69.4. The molecule has 0 saturated heterocycles. The van der Waals surface area contributed by atoms with Crippen LogP contribution in [0.1, 0.15) is 0 Å². The predicted octanol–water partition coefficient (Wildman–Crippen LogP) is 3.23. The van der Waals surface area contributed by atoms with Gasteiger partial charge in [-0.15, -0.1) is 0 Å². The molecule has 0 saturated carbocycles. The maximum Gasteiger partial charge on any atom is 0.534 e. The quantitative estimate of drug-likeness (QED) is 0.437. The number of ether oxygens (including phenoxy) is 1. The Morgan fingerprint density at radius 1 is 1.19 bits per heavy atom. The SMILES string of the molecule is COc1cc(Br)c(OS(=O)(=O)C(F)(F)F)c([Si](C)(C)C)c1. The van der Waals surface area contributed by atoms with Crippen LogP contribution in [-0.2, 0) is 10.1 Å². The van der Waals surface area contributed by atoms with Gasteiger partial charge in [0.2, 0.25) is 0 Å². The molecule has 0 spiro atoms. The van der Waals surface area contributed by atoms with E-state index >= 15 is 0 Å². The first-order valence-electron chi connectivity index (χ1n) is 5.68. The molecule has 1 aromatic carbocycles. The topological polar surface area (TPSA) is 52.6 Å². The van der Waals surface area contributed by atoms with Crippen LogP contribution in [0.3, 0.4) is 0 Å². The number of hydrogen-bond donors (Lipinski definition) is 0. The lowest BCUT2D eigenvalue weighted by molar-refractivity contribution is -0.0499. The largest absolute Gasteiger partial charge is 0.534 e. The molecule has 1 aromatic rings.